The predicted octanol–water partition coefficient (Wildman–Crippen LogP) is 4.52. The van der Waals surface area contributed by atoms with Gasteiger partial charge in [0.1, 0.15) is 0 Å². The third-order valence-electron chi connectivity index (χ3n) is 3.67. The molecule has 9 heteroatoms. The molecule has 27 heavy (non-hydrogen) atoms. The smallest absolute Gasteiger partial charge is 0.237 e. The minimum absolute atomic E-state index is 0.589. The van der Waals surface area contributed by atoms with E-state index in [-0.39, 0.29) is 0 Å². The average Bonchev–Trinajstić information content (AvgIpc) is 3.43. The van der Waals surface area contributed by atoms with Crippen molar-refractivity contribution in [3.05, 3.63) is 70.0 Å². The molecule has 0 aliphatic heterocycles. The van der Waals surface area contributed by atoms with Crippen molar-refractivity contribution >= 4 is 39.6 Å². The number of aromatic nitrogens is 4. The van der Waals surface area contributed by atoms with Gasteiger partial charge in [0, 0.05) is 17.8 Å². The monoisotopic (exact) mass is 415 g/mol. The Hall–Kier alpha value is -2.23. The quantitative estimate of drug-likeness (QED) is 0.403. The maximum atomic E-state index is 5.33. The van der Waals surface area contributed by atoms with Crippen LogP contribution in [0.15, 0.2) is 56.7 Å². The fraction of sp³-hybridized carbons (Fsp3) is 0.222. The van der Waals surface area contributed by atoms with Gasteiger partial charge in [-0.05, 0) is 23.4 Å². The fourth-order valence-corrected chi connectivity index (χ4v) is 4.73. The van der Waals surface area contributed by atoms with E-state index in [0.717, 1.165) is 22.4 Å². The van der Waals surface area contributed by atoms with E-state index in [1.165, 1.54) is 10.4 Å². The molecule has 0 aliphatic rings. The molecule has 0 saturated carbocycles. The molecule has 1 aromatic carbocycles. The van der Waals surface area contributed by atoms with E-state index in [2.05, 4.69) is 55.3 Å². The van der Waals surface area contributed by atoms with Gasteiger partial charge in [-0.25, -0.2) is 0 Å². The number of rotatable bonds is 9. The number of thioether (sulfide) groups is 1. The van der Waals surface area contributed by atoms with Crippen LogP contribution in [0.1, 0.15) is 22.2 Å². The Kier molecular flexibility index (Phi) is 6.13. The third kappa shape index (κ3) is 5.38. The van der Waals surface area contributed by atoms with Gasteiger partial charge in [0.25, 0.3) is 0 Å². The van der Waals surface area contributed by atoms with Crippen LogP contribution >= 0.6 is 34.4 Å². The number of anilines is 1. The first-order valence-corrected chi connectivity index (χ1v) is 11.1. The van der Waals surface area contributed by atoms with Gasteiger partial charge in [-0.3, -0.25) is 0 Å². The Morgan fingerprint density at radius 1 is 1.07 bits per heavy atom. The van der Waals surface area contributed by atoms with Crippen LogP contribution in [0.4, 0.5) is 5.13 Å². The van der Waals surface area contributed by atoms with Gasteiger partial charge in [-0.15, -0.1) is 21.5 Å². The SMILES string of the molecule is c1ccc(Cc2noc(CSc3nnc(NCCc4cccs4)s3)n2)cc1. The number of benzene rings is 1. The Morgan fingerprint density at radius 2 is 2.00 bits per heavy atom. The maximum Gasteiger partial charge on any atom is 0.237 e. The first kappa shape index (κ1) is 18.1. The van der Waals surface area contributed by atoms with Gasteiger partial charge in [0.15, 0.2) is 10.2 Å². The minimum Gasteiger partial charge on any atom is -0.360 e. The second-order valence-electron chi connectivity index (χ2n) is 5.68. The van der Waals surface area contributed by atoms with Crippen molar-refractivity contribution in [2.24, 2.45) is 0 Å². The van der Waals surface area contributed by atoms with E-state index in [4.69, 9.17) is 4.52 Å². The van der Waals surface area contributed by atoms with E-state index >= 15 is 0 Å². The summed E-state index contributed by atoms with van der Waals surface area (Å²) < 4.78 is 6.22. The molecule has 0 unspecified atom stereocenters. The molecule has 0 spiro atoms. The van der Waals surface area contributed by atoms with Crippen LogP contribution < -0.4 is 5.32 Å². The largest absolute Gasteiger partial charge is 0.360 e. The van der Waals surface area contributed by atoms with Crippen molar-refractivity contribution in [1.29, 1.82) is 0 Å². The topological polar surface area (TPSA) is 76.7 Å². The lowest BCUT2D eigenvalue weighted by Gasteiger charge is -1.98. The molecule has 1 N–H and O–H groups in total. The molecule has 0 atom stereocenters. The molecule has 0 saturated heterocycles. The van der Waals surface area contributed by atoms with Crippen LogP contribution in [0, 0.1) is 0 Å². The van der Waals surface area contributed by atoms with E-state index in [0.29, 0.717) is 23.9 Å². The predicted molar refractivity (Wildman–Crippen MR) is 110 cm³/mol. The molecule has 138 valence electrons. The van der Waals surface area contributed by atoms with Gasteiger partial charge in [0.2, 0.25) is 11.0 Å². The standard InChI is InChI=1S/C18H17N5OS3/c1-2-5-13(6-3-1)11-15-20-16(24-23-15)12-26-18-22-21-17(27-18)19-9-8-14-7-4-10-25-14/h1-7,10H,8-9,11-12H2,(H,19,21). The summed E-state index contributed by atoms with van der Waals surface area (Å²) in [4.78, 5) is 5.81. The summed E-state index contributed by atoms with van der Waals surface area (Å²) in [5, 5.41) is 18.7. The summed E-state index contributed by atoms with van der Waals surface area (Å²) in [5.41, 5.74) is 1.17. The van der Waals surface area contributed by atoms with Gasteiger partial charge >= 0.3 is 0 Å². The van der Waals surface area contributed by atoms with Gasteiger partial charge in [-0.2, -0.15) is 4.98 Å². The zero-order valence-corrected chi connectivity index (χ0v) is 16.8. The molecule has 6 nitrogen and oxygen atoms in total. The fourth-order valence-electron chi connectivity index (χ4n) is 2.41. The van der Waals surface area contributed by atoms with Crippen LogP contribution in [0.25, 0.3) is 0 Å². The summed E-state index contributed by atoms with van der Waals surface area (Å²) in [5.74, 6) is 1.89. The zero-order chi connectivity index (χ0) is 18.3. The number of nitrogens with zero attached hydrogens (tertiary/aromatic N) is 4. The highest BCUT2D eigenvalue weighted by atomic mass is 32.2. The second-order valence-corrected chi connectivity index (χ2v) is 8.92. The van der Waals surface area contributed by atoms with Gasteiger partial charge in [-0.1, -0.05) is 64.7 Å². The highest BCUT2D eigenvalue weighted by molar-refractivity contribution is 8.00. The highest BCUT2D eigenvalue weighted by Crippen LogP contribution is 2.28. The van der Waals surface area contributed by atoms with E-state index in [9.17, 15) is 0 Å². The first-order valence-electron chi connectivity index (χ1n) is 8.43. The third-order valence-corrected chi connectivity index (χ3v) is 6.60. The lowest BCUT2D eigenvalue weighted by molar-refractivity contribution is 0.386. The lowest BCUT2D eigenvalue weighted by atomic mass is 10.1. The van der Waals surface area contributed by atoms with Crippen molar-refractivity contribution in [2.45, 2.75) is 22.9 Å². The van der Waals surface area contributed by atoms with Crippen molar-refractivity contribution in [1.82, 2.24) is 20.3 Å². The molecule has 0 amide bonds. The average molecular weight is 416 g/mol. The van der Waals surface area contributed by atoms with E-state index in [1.807, 2.05) is 18.2 Å². The van der Waals surface area contributed by atoms with Crippen LogP contribution in [0.2, 0.25) is 0 Å². The van der Waals surface area contributed by atoms with Gasteiger partial charge in [0.05, 0.1) is 5.75 Å². The summed E-state index contributed by atoms with van der Waals surface area (Å²) in [6.45, 7) is 0.853. The van der Waals surface area contributed by atoms with Crippen molar-refractivity contribution < 1.29 is 4.52 Å². The maximum absolute atomic E-state index is 5.33. The molecule has 3 heterocycles. The molecule has 0 aliphatic carbocycles. The summed E-state index contributed by atoms with van der Waals surface area (Å²) in [6, 6.07) is 14.3. The molecule has 3 aromatic heterocycles. The van der Waals surface area contributed by atoms with Crippen LogP contribution in [-0.4, -0.2) is 26.9 Å². The minimum atomic E-state index is 0.589. The molecular formula is C18H17N5OS3. The second kappa shape index (κ2) is 9.12. The molecule has 0 bridgehead atoms. The normalized spacial score (nSPS) is 11.0. The van der Waals surface area contributed by atoms with Crippen LogP contribution in [-0.2, 0) is 18.6 Å². The number of hydrogen-bond acceptors (Lipinski definition) is 9. The lowest BCUT2D eigenvalue weighted by Crippen LogP contribution is -2.03. The summed E-state index contributed by atoms with van der Waals surface area (Å²) in [7, 11) is 0. The number of thiophene rings is 1. The van der Waals surface area contributed by atoms with Gasteiger partial charge < -0.3 is 9.84 Å². The van der Waals surface area contributed by atoms with Crippen molar-refractivity contribution in [2.75, 3.05) is 11.9 Å². The Bertz CT molecular complexity index is 952. The summed E-state index contributed by atoms with van der Waals surface area (Å²) >= 11 is 4.87. The van der Waals surface area contributed by atoms with Crippen molar-refractivity contribution in [3.63, 3.8) is 0 Å². The number of hydrogen-bond donors (Lipinski definition) is 1. The Morgan fingerprint density at radius 3 is 2.85 bits per heavy atom. The zero-order valence-electron chi connectivity index (χ0n) is 14.4. The van der Waals surface area contributed by atoms with Crippen LogP contribution in [0.3, 0.4) is 0 Å². The number of nitrogens with one attached hydrogen (secondary N) is 1. The first-order chi connectivity index (χ1) is 13.3. The molecule has 4 rings (SSSR count). The Balaban J connectivity index is 1.24. The van der Waals surface area contributed by atoms with E-state index < -0.39 is 0 Å². The highest BCUT2D eigenvalue weighted by Gasteiger charge is 2.10. The van der Waals surface area contributed by atoms with E-state index in [1.54, 1.807) is 34.4 Å². The summed E-state index contributed by atoms with van der Waals surface area (Å²) in [6.07, 6.45) is 1.66. The van der Waals surface area contributed by atoms with Crippen molar-refractivity contribution in [3.8, 4) is 0 Å². The molecule has 0 fully saturated rings. The molecular weight excluding hydrogens is 398 g/mol. The molecule has 4 aromatic rings. The molecule has 0 radical (unpaired) electrons. The van der Waals surface area contributed by atoms with Crippen LogP contribution in [0.5, 0.6) is 0 Å². The Labute approximate surface area is 169 Å².